The summed E-state index contributed by atoms with van der Waals surface area (Å²) in [5.74, 6) is 2.33. The Morgan fingerprint density at radius 2 is 2.24 bits per heavy atom. The van der Waals surface area contributed by atoms with E-state index in [1.165, 1.54) is 11.1 Å². The third-order valence-corrected chi connectivity index (χ3v) is 5.27. The van der Waals surface area contributed by atoms with Crippen LogP contribution in [0.25, 0.3) is 0 Å². The molecule has 2 aliphatic carbocycles. The van der Waals surface area contributed by atoms with Crippen LogP contribution in [-0.4, -0.2) is 5.78 Å². The fraction of sp³-hybridized carbons (Fsp3) is 0.667. The molecule has 2 nitrogen and oxygen atoms in total. The summed E-state index contributed by atoms with van der Waals surface area (Å²) in [5, 5.41) is 0. The highest BCUT2D eigenvalue weighted by molar-refractivity contribution is 5.83. The molecule has 0 aromatic carbocycles. The Labute approximate surface area is 102 Å². The van der Waals surface area contributed by atoms with E-state index in [0.717, 1.165) is 31.4 Å². The van der Waals surface area contributed by atoms with E-state index < -0.39 is 0 Å². The molecule has 2 heteroatoms. The fourth-order valence-electron chi connectivity index (χ4n) is 3.72. The molecule has 17 heavy (non-hydrogen) atoms. The zero-order valence-corrected chi connectivity index (χ0v) is 10.9. The van der Waals surface area contributed by atoms with Crippen molar-refractivity contribution in [3.8, 4) is 0 Å². The molecule has 1 aromatic heterocycles. The predicted molar refractivity (Wildman–Crippen MR) is 65.9 cm³/mol. The van der Waals surface area contributed by atoms with Gasteiger partial charge in [0.05, 0.1) is 6.26 Å². The van der Waals surface area contributed by atoms with E-state index in [4.69, 9.17) is 4.42 Å². The monoisotopic (exact) mass is 232 g/mol. The van der Waals surface area contributed by atoms with Crippen LogP contribution in [0.2, 0.25) is 0 Å². The highest BCUT2D eigenvalue weighted by atomic mass is 16.3. The van der Waals surface area contributed by atoms with Crippen LogP contribution >= 0.6 is 0 Å². The first-order valence-corrected chi connectivity index (χ1v) is 6.61. The van der Waals surface area contributed by atoms with Crippen LogP contribution in [0.4, 0.5) is 0 Å². The number of hydrogen-bond acceptors (Lipinski definition) is 2. The standard InChI is InChI=1S/C15H20O2/c1-9-8-17-14-6-12-13(16)5-4-10(2)15(12,3)7-11(9)14/h8,10,12H,4-7H2,1-3H3/t10-,12+,15-/m1/s1. The molecule has 0 spiro atoms. The van der Waals surface area contributed by atoms with Crippen molar-refractivity contribution >= 4 is 5.78 Å². The van der Waals surface area contributed by atoms with Crippen LogP contribution in [0.3, 0.4) is 0 Å². The molecule has 92 valence electrons. The first kappa shape index (κ1) is 11.1. The van der Waals surface area contributed by atoms with E-state index in [-0.39, 0.29) is 11.3 Å². The highest BCUT2D eigenvalue weighted by Crippen LogP contribution is 2.51. The Balaban J connectivity index is 2.07. The van der Waals surface area contributed by atoms with Crippen LogP contribution < -0.4 is 0 Å². The van der Waals surface area contributed by atoms with Gasteiger partial charge in [0.15, 0.2) is 0 Å². The maximum atomic E-state index is 12.2. The molecule has 0 amide bonds. The largest absolute Gasteiger partial charge is 0.469 e. The topological polar surface area (TPSA) is 30.2 Å². The lowest BCUT2D eigenvalue weighted by atomic mass is 9.55. The molecular weight excluding hydrogens is 212 g/mol. The smallest absolute Gasteiger partial charge is 0.137 e. The number of aryl methyl sites for hydroxylation is 1. The van der Waals surface area contributed by atoms with Gasteiger partial charge in [0, 0.05) is 18.8 Å². The summed E-state index contributed by atoms with van der Waals surface area (Å²) in [4.78, 5) is 12.2. The molecule has 2 aliphatic rings. The number of carbonyl (C=O) groups is 1. The molecular formula is C15H20O2. The average Bonchev–Trinajstić information content (AvgIpc) is 2.64. The first-order chi connectivity index (χ1) is 8.02. The number of Topliss-reactive ketones (excluding diaryl/α,β-unsaturated/α-hetero) is 1. The summed E-state index contributed by atoms with van der Waals surface area (Å²) in [6, 6.07) is 0. The quantitative estimate of drug-likeness (QED) is 0.687. The summed E-state index contributed by atoms with van der Waals surface area (Å²) in [7, 11) is 0. The molecule has 0 aliphatic heterocycles. The third kappa shape index (κ3) is 1.42. The number of furan rings is 1. The van der Waals surface area contributed by atoms with Crippen molar-refractivity contribution < 1.29 is 9.21 Å². The van der Waals surface area contributed by atoms with Crippen LogP contribution in [-0.2, 0) is 17.6 Å². The van der Waals surface area contributed by atoms with Crippen molar-refractivity contribution in [3.05, 3.63) is 23.2 Å². The zero-order valence-electron chi connectivity index (χ0n) is 10.9. The van der Waals surface area contributed by atoms with Crippen LogP contribution in [0, 0.1) is 24.2 Å². The lowest BCUT2D eigenvalue weighted by Crippen LogP contribution is -2.47. The molecule has 0 unspecified atom stereocenters. The van der Waals surface area contributed by atoms with Crippen molar-refractivity contribution in [2.75, 3.05) is 0 Å². The minimum absolute atomic E-state index is 0.150. The van der Waals surface area contributed by atoms with Gasteiger partial charge in [0.1, 0.15) is 11.5 Å². The van der Waals surface area contributed by atoms with Gasteiger partial charge in [-0.2, -0.15) is 0 Å². The second-order valence-corrected chi connectivity index (χ2v) is 6.17. The predicted octanol–water partition coefficient (Wildman–Crippen LogP) is 3.31. The SMILES string of the molecule is Cc1coc2c1C[C@]1(C)[C@H](C)CCC(=O)[C@@H]1C2. The van der Waals surface area contributed by atoms with Crippen molar-refractivity contribution in [1.29, 1.82) is 0 Å². The second kappa shape index (κ2) is 3.47. The maximum Gasteiger partial charge on any atom is 0.137 e. The molecule has 1 saturated carbocycles. The Morgan fingerprint density at radius 1 is 1.47 bits per heavy atom. The molecule has 0 N–H and O–H groups in total. The summed E-state index contributed by atoms with van der Waals surface area (Å²) in [6.45, 7) is 6.72. The first-order valence-electron chi connectivity index (χ1n) is 6.61. The molecule has 0 bridgehead atoms. The summed E-state index contributed by atoms with van der Waals surface area (Å²) >= 11 is 0. The van der Waals surface area contributed by atoms with Gasteiger partial charge in [0.2, 0.25) is 0 Å². The van der Waals surface area contributed by atoms with E-state index in [0.29, 0.717) is 11.7 Å². The molecule has 1 aromatic rings. The molecule has 1 fully saturated rings. The molecule has 3 rings (SSSR count). The number of hydrogen-bond donors (Lipinski definition) is 0. The van der Waals surface area contributed by atoms with Gasteiger partial charge >= 0.3 is 0 Å². The Hall–Kier alpha value is -1.05. The van der Waals surface area contributed by atoms with Gasteiger partial charge in [-0.05, 0) is 42.2 Å². The third-order valence-electron chi connectivity index (χ3n) is 5.27. The lowest BCUT2D eigenvalue weighted by molar-refractivity contribution is -0.133. The summed E-state index contributed by atoms with van der Waals surface area (Å²) in [6.07, 6.45) is 5.50. The van der Waals surface area contributed by atoms with Gasteiger partial charge in [0.25, 0.3) is 0 Å². The molecule has 0 radical (unpaired) electrons. The normalized spacial score (nSPS) is 36.5. The van der Waals surface area contributed by atoms with Crippen molar-refractivity contribution in [2.45, 2.75) is 46.5 Å². The van der Waals surface area contributed by atoms with Crippen LogP contribution in [0.5, 0.6) is 0 Å². The fourth-order valence-corrected chi connectivity index (χ4v) is 3.72. The minimum atomic E-state index is 0.150. The Kier molecular flexibility index (Phi) is 2.26. The van der Waals surface area contributed by atoms with Gasteiger partial charge < -0.3 is 4.42 Å². The van der Waals surface area contributed by atoms with E-state index in [1.54, 1.807) is 0 Å². The van der Waals surface area contributed by atoms with Crippen molar-refractivity contribution in [1.82, 2.24) is 0 Å². The van der Waals surface area contributed by atoms with E-state index in [2.05, 4.69) is 20.8 Å². The van der Waals surface area contributed by atoms with Gasteiger partial charge in [-0.15, -0.1) is 0 Å². The average molecular weight is 232 g/mol. The van der Waals surface area contributed by atoms with E-state index in [1.807, 2.05) is 6.26 Å². The van der Waals surface area contributed by atoms with Gasteiger partial charge in [-0.25, -0.2) is 0 Å². The van der Waals surface area contributed by atoms with Crippen molar-refractivity contribution in [2.24, 2.45) is 17.3 Å². The van der Waals surface area contributed by atoms with Crippen LogP contribution in [0.15, 0.2) is 10.7 Å². The second-order valence-electron chi connectivity index (χ2n) is 6.17. The summed E-state index contributed by atoms with van der Waals surface area (Å²) < 4.78 is 5.61. The zero-order chi connectivity index (χ0) is 12.2. The molecule has 0 saturated heterocycles. The Bertz CT molecular complexity index is 471. The number of rotatable bonds is 0. The van der Waals surface area contributed by atoms with Crippen LogP contribution in [0.1, 0.15) is 43.6 Å². The van der Waals surface area contributed by atoms with E-state index >= 15 is 0 Å². The summed E-state index contributed by atoms with van der Waals surface area (Å²) in [5.41, 5.74) is 2.77. The number of fused-ring (bicyclic) bond motifs is 2. The number of ketones is 1. The minimum Gasteiger partial charge on any atom is -0.469 e. The van der Waals surface area contributed by atoms with Gasteiger partial charge in [-0.3, -0.25) is 4.79 Å². The lowest BCUT2D eigenvalue weighted by Gasteiger charge is -2.47. The Morgan fingerprint density at radius 3 is 3.00 bits per heavy atom. The maximum absolute atomic E-state index is 12.2. The van der Waals surface area contributed by atoms with Gasteiger partial charge in [-0.1, -0.05) is 13.8 Å². The number of carbonyl (C=O) groups excluding carboxylic acids is 1. The van der Waals surface area contributed by atoms with Crippen molar-refractivity contribution in [3.63, 3.8) is 0 Å². The highest BCUT2D eigenvalue weighted by Gasteiger charge is 2.49. The van der Waals surface area contributed by atoms with E-state index in [9.17, 15) is 4.79 Å². The molecule has 3 atom stereocenters. The molecule has 1 heterocycles.